The summed E-state index contributed by atoms with van der Waals surface area (Å²) in [5, 5.41) is 3.35. The van der Waals surface area contributed by atoms with Gasteiger partial charge in [-0.2, -0.15) is 0 Å². The first-order valence-corrected chi connectivity index (χ1v) is 7.72. The fourth-order valence-corrected chi connectivity index (χ4v) is 1.85. The molecule has 0 saturated carbocycles. The molecule has 116 valence electrons. The third kappa shape index (κ3) is 7.08. The zero-order chi connectivity index (χ0) is 14.6. The van der Waals surface area contributed by atoms with Gasteiger partial charge in [0.05, 0.1) is 19.8 Å². The van der Waals surface area contributed by atoms with Crippen LogP contribution in [-0.2, 0) is 22.6 Å². The maximum Gasteiger partial charge on any atom is 0.130 e. The van der Waals surface area contributed by atoms with Gasteiger partial charge in [0, 0.05) is 6.61 Å². The van der Waals surface area contributed by atoms with Gasteiger partial charge in [-0.25, -0.2) is 0 Å². The topological polar surface area (TPSA) is 43.6 Å². The number of hydrogen-bond donors (Lipinski definition) is 1. The van der Waals surface area contributed by atoms with Gasteiger partial charge in [0.2, 0.25) is 0 Å². The standard InChI is InChI=1S/C16H29NO3/c1-4-6-8-18-9-10-19-13-15-11-14(3)16(20-15)12-17-7-5-2/h11,17H,4-10,12-13H2,1-3H3. The summed E-state index contributed by atoms with van der Waals surface area (Å²) in [6.07, 6.45) is 3.42. The van der Waals surface area contributed by atoms with Crippen LogP contribution in [-0.4, -0.2) is 26.4 Å². The van der Waals surface area contributed by atoms with E-state index in [1.165, 1.54) is 12.0 Å². The average molecular weight is 283 g/mol. The van der Waals surface area contributed by atoms with E-state index in [-0.39, 0.29) is 0 Å². The molecule has 1 aromatic heterocycles. The van der Waals surface area contributed by atoms with Gasteiger partial charge in [-0.3, -0.25) is 0 Å². The Bertz CT molecular complexity index is 349. The van der Waals surface area contributed by atoms with E-state index in [4.69, 9.17) is 13.9 Å². The van der Waals surface area contributed by atoms with Gasteiger partial charge >= 0.3 is 0 Å². The molecule has 1 aromatic rings. The lowest BCUT2D eigenvalue weighted by atomic mass is 10.2. The van der Waals surface area contributed by atoms with Crippen molar-refractivity contribution in [3.8, 4) is 0 Å². The normalized spacial score (nSPS) is 11.2. The van der Waals surface area contributed by atoms with Crippen molar-refractivity contribution in [2.45, 2.75) is 53.2 Å². The predicted octanol–water partition coefficient (Wildman–Crippen LogP) is 3.42. The number of nitrogens with one attached hydrogen (secondary N) is 1. The largest absolute Gasteiger partial charge is 0.462 e. The summed E-state index contributed by atoms with van der Waals surface area (Å²) in [6.45, 7) is 10.8. The molecule has 1 heterocycles. The number of unbranched alkanes of at least 4 members (excludes halogenated alkanes) is 1. The molecule has 0 aromatic carbocycles. The molecule has 1 N–H and O–H groups in total. The van der Waals surface area contributed by atoms with E-state index < -0.39 is 0 Å². The minimum Gasteiger partial charge on any atom is -0.462 e. The van der Waals surface area contributed by atoms with Crippen molar-refractivity contribution < 1.29 is 13.9 Å². The van der Waals surface area contributed by atoms with Crippen LogP contribution in [0.4, 0.5) is 0 Å². The Kier molecular flexibility index (Phi) is 9.37. The molecule has 0 amide bonds. The van der Waals surface area contributed by atoms with Crippen molar-refractivity contribution in [2.24, 2.45) is 0 Å². The minimum absolute atomic E-state index is 0.520. The van der Waals surface area contributed by atoms with E-state index in [1.54, 1.807) is 0 Å². The maximum absolute atomic E-state index is 5.78. The van der Waals surface area contributed by atoms with Gasteiger partial charge in [0.15, 0.2) is 0 Å². The molecule has 0 saturated heterocycles. The molecule has 0 aliphatic heterocycles. The van der Waals surface area contributed by atoms with Crippen LogP contribution >= 0.6 is 0 Å². The van der Waals surface area contributed by atoms with Crippen molar-refractivity contribution in [1.82, 2.24) is 5.32 Å². The van der Waals surface area contributed by atoms with Crippen LogP contribution in [0.5, 0.6) is 0 Å². The average Bonchev–Trinajstić information content (AvgIpc) is 2.79. The Morgan fingerprint density at radius 3 is 2.65 bits per heavy atom. The summed E-state index contributed by atoms with van der Waals surface area (Å²) >= 11 is 0. The summed E-state index contributed by atoms with van der Waals surface area (Å²) in [7, 11) is 0. The summed E-state index contributed by atoms with van der Waals surface area (Å²) in [5.74, 6) is 1.90. The number of furan rings is 1. The molecular weight excluding hydrogens is 254 g/mol. The minimum atomic E-state index is 0.520. The Morgan fingerprint density at radius 2 is 1.90 bits per heavy atom. The summed E-state index contributed by atoms with van der Waals surface area (Å²) in [6, 6.07) is 2.06. The number of hydrogen-bond acceptors (Lipinski definition) is 4. The van der Waals surface area contributed by atoms with Crippen LogP contribution < -0.4 is 5.32 Å². The molecule has 1 rings (SSSR count). The molecule has 0 atom stereocenters. The van der Waals surface area contributed by atoms with Crippen molar-refractivity contribution in [1.29, 1.82) is 0 Å². The first kappa shape index (κ1) is 17.2. The van der Waals surface area contributed by atoms with Gasteiger partial charge < -0.3 is 19.2 Å². The van der Waals surface area contributed by atoms with Crippen LogP contribution in [0.1, 0.15) is 50.2 Å². The molecule has 0 spiro atoms. The van der Waals surface area contributed by atoms with Crippen molar-refractivity contribution in [2.75, 3.05) is 26.4 Å². The molecule has 4 nitrogen and oxygen atoms in total. The van der Waals surface area contributed by atoms with Gasteiger partial charge in [0.25, 0.3) is 0 Å². The van der Waals surface area contributed by atoms with E-state index in [9.17, 15) is 0 Å². The molecule has 0 fully saturated rings. The highest BCUT2D eigenvalue weighted by molar-refractivity contribution is 5.19. The molecule has 0 unspecified atom stereocenters. The van der Waals surface area contributed by atoms with E-state index in [1.807, 2.05) is 0 Å². The highest BCUT2D eigenvalue weighted by atomic mass is 16.5. The quantitative estimate of drug-likeness (QED) is 0.597. The van der Waals surface area contributed by atoms with Crippen LogP contribution in [0.25, 0.3) is 0 Å². The second-order valence-corrected chi connectivity index (χ2v) is 5.01. The second kappa shape index (κ2) is 10.9. The molecular formula is C16H29NO3. The SMILES string of the molecule is CCCCOCCOCc1cc(C)c(CNCCC)o1. The van der Waals surface area contributed by atoms with Crippen LogP contribution in [0.2, 0.25) is 0 Å². The summed E-state index contributed by atoms with van der Waals surface area (Å²) in [5.41, 5.74) is 1.19. The monoisotopic (exact) mass is 283 g/mol. The number of rotatable bonds is 12. The van der Waals surface area contributed by atoms with Crippen LogP contribution in [0, 0.1) is 6.92 Å². The smallest absolute Gasteiger partial charge is 0.130 e. The lowest BCUT2D eigenvalue weighted by Crippen LogP contribution is -2.13. The number of aryl methyl sites for hydroxylation is 1. The highest BCUT2D eigenvalue weighted by Crippen LogP contribution is 2.15. The third-order valence-electron chi connectivity index (χ3n) is 3.04. The first-order valence-electron chi connectivity index (χ1n) is 7.72. The van der Waals surface area contributed by atoms with Crippen molar-refractivity contribution in [3.63, 3.8) is 0 Å². The van der Waals surface area contributed by atoms with Gasteiger partial charge in [-0.15, -0.1) is 0 Å². The fourth-order valence-electron chi connectivity index (χ4n) is 1.85. The van der Waals surface area contributed by atoms with Crippen LogP contribution in [0.3, 0.4) is 0 Å². The van der Waals surface area contributed by atoms with Crippen molar-refractivity contribution >= 4 is 0 Å². The summed E-state index contributed by atoms with van der Waals surface area (Å²) in [4.78, 5) is 0. The van der Waals surface area contributed by atoms with Gasteiger partial charge in [-0.1, -0.05) is 20.3 Å². The zero-order valence-corrected chi connectivity index (χ0v) is 13.2. The van der Waals surface area contributed by atoms with E-state index in [0.717, 1.165) is 44.1 Å². The zero-order valence-electron chi connectivity index (χ0n) is 13.2. The lowest BCUT2D eigenvalue weighted by molar-refractivity contribution is 0.0336. The van der Waals surface area contributed by atoms with Gasteiger partial charge in [-0.05, 0) is 37.9 Å². The Hall–Kier alpha value is -0.840. The lowest BCUT2D eigenvalue weighted by Gasteiger charge is -2.04. The molecule has 0 bridgehead atoms. The van der Waals surface area contributed by atoms with E-state index >= 15 is 0 Å². The Labute approximate surface area is 122 Å². The number of ether oxygens (including phenoxy) is 2. The van der Waals surface area contributed by atoms with Gasteiger partial charge in [0.1, 0.15) is 18.1 Å². The second-order valence-electron chi connectivity index (χ2n) is 5.01. The fraction of sp³-hybridized carbons (Fsp3) is 0.750. The third-order valence-corrected chi connectivity index (χ3v) is 3.04. The molecule has 0 aliphatic rings. The van der Waals surface area contributed by atoms with E-state index in [2.05, 4.69) is 32.2 Å². The Morgan fingerprint density at radius 1 is 1.10 bits per heavy atom. The summed E-state index contributed by atoms with van der Waals surface area (Å²) < 4.78 is 16.8. The molecule has 20 heavy (non-hydrogen) atoms. The predicted molar refractivity (Wildman–Crippen MR) is 80.8 cm³/mol. The van der Waals surface area contributed by atoms with Crippen molar-refractivity contribution in [3.05, 3.63) is 23.2 Å². The first-order chi connectivity index (χ1) is 9.77. The maximum atomic E-state index is 5.78. The highest BCUT2D eigenvalue weighted by Gasteiger charge is 2.07. The molecule has 0 radical (unpaired) electrons. The van der Waals surface area contributed by atoms with Crippen LogP contribution in [0.15, 0.2) is 10.5 Å². The molecule has 4 heteroatoms. The molecule has 0 aliphatic carbocycles. The Balaban J connectivity index is 2.15. The van der Waals surface area contributed by atoms with E-state index in [0.29, 0.717) is 19.8 Å².